The molecule has 0 aliphatic heterocycles. The molecule has 12 aromatic rings. The van der Waals surface area contributed by atoms with Crippen LogP contribution in [0.4, 0.5) is 17.1 Å². The molecule has 3 heteroatoms. The first kappa shape index (κ1) is 35.2. The highest BCUT2D eigenvalue weighted by atomic mass is 32.1. The average molecular weight is 795 g/mol. The standard InChI is InChI=1S/C58H38N2S/c1-2-13-39(14-3-1)40-25-31-44(32-26-40)59(45-33-27-42(28-34-45)49-21-12-16-41-15-4-5-17-48(41)49)47-37-53(58-54(38-47)52-20-8-11-24-57(52)61-58)43-29-35-46(36-30-43)60-55-22-9-6-18-50(55)51-19-7-10-23-56(51)60/h1-38H. The molecular weight excluding hydrogens is 757 g/mol. The quantitative estimate of drug-likeness (QED) is 0.156. The predicted octanol–water partition coefficient (Wildman–Crippen LogP) is 16.8. The Balaban J connectivity index is 1.03. The van der Waals surface area contributed by atoms with E-state index < -0.39 is 0 Å². The molecule has 0 unspecified atom stereocenters. The molecule has 0 N–H and O–H groups in total. The van der Waals surface area contributed by atoms with Crippen LogP contribution in [-0.2, 0) is 0 Å². The molecule has 0 spiro atoms. The lowest BCUT2D eigenvalue weighted by Crippen LogP contribution is -2.10. The van der Waals surface area contributed by atoms with Crippen LogP contribution in [0.2, 0.25) is 0 Å². The summed E-state index contributed by atoms with van der Waals surface area (Å²) in [6.07, 6.45) is 0. The number of hydrogen-bond acceptors (Lipinski definition) is 2. The second kappa shape index (κ2) is 14.5. The van der Waals surface area contributed by atoms with E-state index in [4.69, 9.17) is 0 Å². The summed E-state index contributed by atoms with van der Waals surface area (Å²) in [7, 11) is 0. The molecule has 0 aliphatic rings. The normalized spacial score (nSPS) is 11.6. The van der Waals surface area contributed by atoms with Crippen molar-refractivity contribution in [3.05, 3.63) is 231 Å². The third-order valence-corrected chi connectivity index (χ3v) is 13.4. The molecule has 2 heterocycles. The van der Waals surface area contributed by atoms with E-state index in [0.717, 1.165) is 22.7 Å². The fraction of sp³-hybridized carbons (Fsp3) is 0. The van der Waals surface area contributed by atoms with Crippen molar-refractivity contribution in [3.63, 3.8) is 0 Å². The second-order valence-electron chi connectivity index (χ2n) is 15.7. The first-order valence-electron chi connectivity index (χ1n) is 20.8. The Labute approximate surface area is 358 Å². The molecular formula is C58H38N2S. The van der Waals surface area contributed by atoms with E-state index in [2.05, 4.69) is 240 Å². The summed E-state index contributed by atoms with van der Waals surface area (Å²) in [6.45, 7) is 0. The predicted molar refractivity (Wildman–Crippen MR) is 262 cm³/mol. The second-order valence-corrected chi connectivity index (χ2v) is 16.8. The SMILES string of the molecule is c1ccc(-c2ccc(N(c3ccc(-c4cccc5ccccc45)cc3)c3cc(-c4ccc(-n5c6ccccc6c6ccccc65)cc4)c4sc5ccccc5c4c3)cc2)cc1. The van der Waals surface area contributed by atoms with Crippen molar-refractivity contribution in [3.8, 4) is 39.1 Å². The largest absolute Gasteiger partial charge is 0.310 e. The lowest BCUT2D eigenvalue weighted by Gasteiger charge is -2.27. The zero-order valence-electron chi connectivity index (χ0n) is 33.2. The highest BCUT2D eigenvalue weighted by Gasteiger charge is 2.20. The Morgan fingerprint density at radius 1 is 0.328 bits per heavy atom. The molecule has 0 bridgehead atoms. The van der Waals surface area contributed by atoms with E-state index in [1.165, 1.54) is 86.1 Å². The number of hydrogen-bond donors (Lipinski definition) is 0. The van der Waals surface area contributed by atoms with Gasteiger partial charge in [0, 0.05) is 59.3 Å². The van der Waals surface area contributed by atoms with Crippen LogP contribution in [0.1, 0.15) is 0 Å². The molecule has 12 rings (SSSR count). The summed E-state index contributed by atoms with van der Waals surface area (Å²) in [6, 6.07) is 84.2. The molecule has 0 fully saturated rings. The highest BCUT2D eigenvalue weighted by Crippen LogP contribution is 2.46. The zero-order chi connectivity index (χ0) is 40.3. The lowest BCUT2D eigenvalue weighted by atomic mass is 9.97. The minimum absolute atomic E-state index is 1.10. The van der Waals surface area contributed by atoms with Crippen molar-refractivity contribution in [1.29, 1.82) is 0 Å². The van der Waals surface area contributed by atoms with Gasteiger partial charge in [-0.15, -0.1) is 11.3 Å². The molecule has 0 saturated carbocycles. The van der Waals surface area contributed by atoms with Crippen LogP contribution in [0.25, 0.3) is 91.8 Å². The van der Waals surface area contributed by atoms with Crippen molar-refractivity contribution in [2.75, 3.05) is 4.90 Å². The van der Waals surface area contributed by atoms with Gasteiger partial charge in [0.2, 0.25) is 0 Å². The number of anilines is 3. The Hall–Kier alpha value is -7.72. The molecule has 0 saturated heterocycles. The Kier molecular flexibility index (Phi) is 8.39. The van der Waals surface area contributed by atoms with Crippen LogP contribution in [0, 0.1) is 0 Å². The first-order valence-corrected chi connectivity index (χ1v) is 21.6. The summed E-state index contributed by atoms with van der Waals surface area (Å²) in [5.74, 6) is 0. The van der Waals surface area contributed by atoms with Gasteiger partial charge in [-0.05, 0) is 105 Å². The number of nitrogens with zero attached hydrogens (tertiary/aromatic N) is 2. The van der Waals surface area contributed by atoms with Gasteiger partial charge in [-0.3, -0.25) is 0 Å². The van der Waals surface area contributed by atoms with Crippen molar-refractivity contribution in [2.45, 2.75) is 0 Å². The Bertz CT molecular complexity index is 3500. The lowest BCUT2D eigenvalue weighted by molar-refractivity contribution is 1.18. The molecule has 2 nitrogen and oxygen atoms in total. The smallest absolute Gasteiger partial charge is 0.0541 e. The van der Waals surface area contributed by atoms with Crippen LogP contribution < -0.4 is 4.90 Å². The van der Waals surface area contributed by atoms with Crippen molar-refractivity contribution < 1.29 is 0 Å². The number of rotatable bonds is 7. The van der Waals surface area contributed by atoms with Crippen LogP contribution >= 0.6 is 11.3 Å². The molecule has 2 aromatic heterocycles. The summed E-state index contributed by atoms with van der Waals surface area (Å²) >= 11 is 1.88. The number of para-hydroxylation sites is 2. The summed E-state index contributed by atoms with van der Waals surface area (Å²) < 4.78 is 4.97. The van der Waals surface area contributed by atoms with Gasteiger partial charge >= 0.3 is 0 Å². The maximum absolute atomic E-state index is 2.42. The van der Waals surface area contributed by atoms with E-state index in [1.54, 1.807) is 0 Å². The van der Waals surface area contributed by atoms with E-state index in [1.807, 2.05) is 11.3 Å². The Morgan fingerprint density at radius 2 is 0.852 bits per heavy atom. The number of thiophene rings is 1. The van der Waals surface area contributed by atoms with Gasteiger partial charge in [0.15, 0.2) is 0 Å². The minimum atomic E-state index is 1.10. The van der Waals surface area contributed by atoms with E-state index in [-0.39, 0.29) is 0 Å². The van der Waals surface area contributed by atoms with Gasteiger partial charge in [-0.1, -0.05) is 164 Å². The van der Waals surface area contributed by atoms with Gasteiger partial charge in [-0.2, -0.15) is 0 Å². The van der Waals surface area contributed by atoms with Crippen molar-refractivity contribution in [1.82, 2.24) is 4.57 Å². The van der Waals surface area contributed by atoms with E-state index >= 15 is 0 Å². The van der Waals surface area contributed by atoms with E-state index in [9.17, 15) is 0 Å². The molecule has 0 aliphatic carbocycles. The maximum Gasteiger partial charge on any atom is 0.0541 e. The molecule has 10 aromatic carbocycles. The molecule has 0 radical (unpaired) electrons. The molecule has 286 valence electrons. The van der Waals surface area contributed by atoms with Gasteiger partial charge in [0.1, 0.15) is 0 Å². The fourth-order valence-electron chi connectivity index (χ4n) is 9.29. The van der Waals surface area contributed by atoms with Gasteiger partial charge in [0.25, 0.3) is 0 Å². The van der Waals surface area contributed by atoms with Gasteiger partial charge in [-0.25, -0.2) is 0 Å². The topological polar surface area (TPSA) is 8.17 Å². The highest BCUT2D eigenvalue weighted by molar-refractivity contribution is 7.26. The molecule has 0 atom stereocenters. The molecule has 61 heavy (non-hydrogen) atoms. The van der Waals surface area contributed by atoms with Gasteiger partial charge in [0.05, 0.1) is 11.0 Å². The third-order valence-electron chi connectivity index (χ3n) is 12.2. The summed E-state index contributed by atoms with van der Waals surface area (Å²) in [5.41, 5.74) is 14.1. The van der Waals surface area contributed by atoms with Crippen LogP contribution in [0.5, 0.6) is 0 Å². The minimum Gasteiger partial charge on any atom is -0.310 e. The van der Waals surface area contributed by atoms with Crippen LogP contribution in [-0.4, -0.2) is 4.57 Å². The summed E-state index contributed by atoms with van der Waals surface area (Å²) in [5, 5.41) is 7.58. The van der Waals surface area contributed by atoms with Crippen molar-refractivity contribution in [2.24, 2.45) is 0 Å². The molecule has 0 amide bonds. The van der Waals surface area contributed by atoms with E-state index in [0.29, 0.717) is 0 Å². The Morgan fingerprint density at radius 3 is 1.56 bits per heavy atom. The first-order chi connectivity index (χ1) is 30.2. The number of fused-ring (bicyclic) bond motifs is 7. The van der Waals surface area contributed by atoms with Crippen molar-refractivity contribution >= 4 is 81.1 Å². The summed E-state index contributed by atoms with van der Waals surface area (Å²) in [4.78, 5) is 2.42. The zero-order valence-corrected chi connectivity index (χ0v) is 34.1. The van der Waals surface area contributed by atoms with Crippen LogP contribution in [0.15, 0.2) is 231 Å². The number of benzene rings is 10. The third kappa shape index (κ3) is 6.01. The average Bonchev–Trinajstić information content (AvgIpc) is 3.88. The number of aromatic nitrogens is 1. The fourth-order valence-corrected chi connectivity index (χ4v) is 10.5. The van der Waals surface area contributed by atoms with Crippen LogP contribution in [0.3, 0.4) is 0 Å². The van der Waals surface area contributed by atoms with Gasteiger partial charge < -0.3 is 9.47 Å². The monoisotopic (exact) mass is 794 g/mol. The maximum atomic E-state index is 2.42.